The van der Waals surface area contributed by atoms with Crippen LogP contribution in [0.25, 0.3) is 12.2 Å². The number of pyridine rings is 1. The van der Waals surface area contributed by atoms with Crippen molar-refractivity contribution in [3.05, 3.63) is 89.7 Å². The van der Waals surface area contributed by atoms with Crippen molar-refractivity contribution < 1.29 is 19.4 Å². The lowest BCUT2D eigenvalue weighted by Crippen LogP contribution is -2.01. The van der Waals surface area contributed by atoms with Crippen LogP contribution in [0, 0.1) is 0 Å². The van der Waals surface area contributed by atoms with E-state index in [9.17, 15) is 4.79 Å². The Morgan fingerprint density at radius 1 is 0.774 bits per heavy atom. The van der Waals surface area contributed by atoms with Gasteiger partial charge in [0.25, 0.3) is 0 Å². The van der Waals surface area contributed by atoms with Gasteiger partial charge in [-0.2, -0.15) is 0 Å². The van der Waals surface area contributed by atoms with Crippen LogP contribution in [0.3, 0.4) is 0 Å². The Labute approximate surface area is 183 Å². The maximum absolute atomic E-state index is 11.0. The highest BCUT2D eigenvalue weighted by atomic mass is 16.5. The molecule has 31 heavy (non-hydrogen) atoms. The van der Waals surface area contributed by atoms with Gasteiger partial charge in [-0.05, 0) is 79.3 Å². The molecular weight excluding hydrogens is 390 g/mol. The van der Waals surface area contributed by atoms with Crippen LogP contribution >= 0.6 is 0 Å². The average molecular weight is 418 g/mol. The summed E-state index contributed by atoms with van der Waals surface area (Å²) in [5.74, 6) is 0.534. The number of rotatable bonds is 12. The Balaban J connectivity index is 1.27. The van der Waals surface area contributed by atoms with Gasteiger partial charge in [-0.25, -0.2) is 4.79 Å². The molecule has 5 heteroatoms. The van der Waals surface area contributed by atoms with E-state index in [2.05, 4.69) is 17.1 Å². The molecule has 0 saturated heterocycles. The van der Waals surface area contributed by atoms with Gasteiger partial charge < -0.3 is 14.6 Å². The van der Waals surface area contributed by atoms with E-state index in [-0.39, 0.29) is 5.56 Å². The van der Waals surface area contributed by atoms with Gasteiger partial charge in [-0.3, -0.25) is 4.98 Å². The van der Waals surface area contributed by atoms with Crippen molar-refractivity contribution in [1.82, 2.24) is 4.98 Å². The molecule has 0 spiro atoms. The highest BCUT2D eigenvalue weighted by molar-refractivity contribution is 5.88. The second-order valence-corrected chi connectivity index (χ2v) is 7.13. The van der Waals surface area contributed by atoms with Crippen LogP contribution < -0.4 is 9.47 Å². The summed E-state index contributed by atoms with van der Waals surface area (Å²) in [5, 5.41) is 8.99. The zero-order chi connectivity index (χ0) is 21.7. The van der Waals surface area contributed by atoms with Crippen molar-refractivity contribution in [1.29, 1.82) is 0 Å². The van der Waals surface area contributed by atoms with Crippen LogP contribution in [0.5, 0.6) is 11.5 Å². The van der Waals surface area contributed by atoms with Gasteiger partial charge in [0.05, 0.1) is 18.8 Å². The quantitative estimate of drug-likeness (QED) is 0.368. The number of benzene rings is 2. The minimum Gasteiger partial charge on any atom is -0.494 e. The predicted molar refractivity (Wildman–Crippen MR) is 122 cm³/mol. The third-order valence-electron chi connectivity index (χ3n) is 4.71. The van der Waals surface area contributed by atoms with Crippen LogP contribution in [-0.4, -0.2) is 29.3 Å². The topological polar surface area (TPSA) is 68.7 Å². The highest BCUT2D eigenvalue weighted by Crippen LogP contribution is 2.16. The first kappa shape index (κ1) is 22.1. The molecule has 160 valence electrons. The minimum absolute atomic E-state index is 0.243. The van der Waals surface area contributed by atoms with Gasteiger partial charge in [0.2, 0.25) is 0 Å². The van der Waals surface area contributed by atoms with Crippen molar-refractivity contribution in [2.45, 2.75) is 25.7 Å². The monoisotopic (exact) mass is 417 g/mol. The summed E-state index contributed by atoms with van der Waals surface area (Å²) in [5.41, 5.74) is 2.49. The zero-order valence-electron chi connectivity index (χ0n) is 17.4. The van der Waals surface area contributed by atoms with Crippen LogP contribution in [0.1, 0.15) is 47.2 Å². The first-order valence-electron chi connectivity index (χ1n) is 10.5. The molecule has 5 nitrogen and oxygen atoms in total. The molecular formula is C26H27NO4. The van der Waals surface area contributed by atoms with Crippen molar-refractivity contribution in [2.75, 3.05) is 13.2 Å². The van der Waals surface area contributed by atoms with Crippen molar-refractivity contribution in [3.63, 3.8) is 0 Å². The fourth-order valence-corrected chi connectivity index (χ4v) is 3.00. The lowest BCUT2D eigenvalue weighted by atomic mass is 10.1. The third kappa shape index (κ3) is 7.97. The summed E-state index contributed by atoms with van der Waals surface area (Å²) in [7, 11) is 0. The SMILES string of the molecule is O=C(O)c1cccc(OCCCCCCOc2ccc(/C=C/c3ccncc3)cc2)c1. The maximum Gasteiger partial charge on any atom is 0.335 e. The van der Waals surface area contributed by atoms with E-state index in [4.69, 9.17) is 14.6 Å². The van der Waals surface area contributed by atoms with Crippen LogP contribution in [0.15, 0.2) is 73.1 Å². The Hall–Kier alpha value is -3.60. The Bertz CT molecular complexity index is 968. The van der Waals surface area contributed by atoms with E-state index < -0.39 is 5.97 Å². The van der Waals surface area contributed by atoms with Crippen molar-refractivity contribution in [2.24, 2.45) is 0 Å². The number of carboxylic acid groups (broad SMARTS) is 1. The van der Waals surface area contributed by atoms with Crippen LogP contribution in [0.4, 0.5) is 0 Å². The lowest BCUT2D eigenvalue weighted by molar-refractivity contribution is 0.0696. The van der Waals surface area contributed by atoms with E-state index in [1.165, 1.54) is 0 Å². The predicted octanol–water partition coefficient (Wildman–Crippen LogP) is 5.97. The molecule has 0 saturated carbocycles. The lowest BCUT2D eigenvalue weighted by Gasteiger charge is -2.08. The van der Waals surface area contributed by atoms with Crippen molar-refractivity contribution >= 4 is 18.1 Å². The molecule has 1 aromatic heterocycles. The van der Waals surface area contributed by atoms with E-state index in [0.717, 1.165) is 42.6 Å². The number of ether oxygens (including phenoxy) is 2. The fraction of sp³-hybridized carbons (Fsp3) is 0.231. The van der Waals surface area contributed by atoms with Crippen LogP contribution in [-0.2, 0) is 0 Å². The maximum atomic E-state index is 11.0. The van der Waals surface area contributed by atoms with E-state index in [0.29, 0.717) is 19.0 Å². The van der Waals surface area contributed by atoms with E-state index in [1.807, 2.05) is 36.4 Å². The number of hydrogen-bond acceptors (Lipinski definition) is 4. The van der Waals surface area contributed by atoms with Gasteiger partial charge in [-0.1, -0.05) is 30.4 Å². The Kier molecular flexibility index (Phi) is 8.68. The third-order valence-corrected chi connectivity index (χ3v) is 4.71. The molecule has 1 heterocycles. The summed E-state index contributed by atoms with van der Waals surface area (Å²) in [4.78, 5) is 15.0. The summed E-state index contributed by atoms with van der Waals surface area (Å²) in [6, 6.07) is 18.6. The first-order chi connectivity index (χ1) is 15.2. The molecule has 3 rings (SSSR count). The number of aromatic nitrogens is 1. The van der Waals surface area contributed by atoms with Gasteiger partial charge >= 0.3 is 5.97 Å². The molecule has 0 unspecified atom stereocenters. The Morgan fingerprint density at radius 3 is 2.03 bits per heavy atom. The minimum atomic E-state index is -0.943. The average Bonchev–Trinajstić information content (AvgIpc) is 2.81. The normalized spacial score (nSPS) is 10.8. The molecule has 0 atom stereocenters. The summed E-state index contributed by atoms with van der Waals surface area (Å²) in [6.07, 6.45) is 11.7. The summed E-state index contributed by atoms with van der Waals surface area (Å²) in [6.45, 7) is 1.27. The van der Waals surface area contributed by atoms with Crippen LogP contribution in [0.2, 0.25) is 0 Å². The molecule has 0 aliphatic rings. The van der Waals surface area contributed by atoms with E-state index >= 15 is 0 Å². The molecule has 1 N–H and O–H groups in total. The van der Waals surface area contributed by atoms with Crippen molar-refractivity contribution in [3.8, 4) is 11.5 Å². The second-order valence-electron chi connectivity index (χ2n) is 7.13. The van der Waals surface area contributed by atoms with E-state index in [1.54, 1.807) is 36.7 Å². The fourth-order valence-electron chi connectivity index (χ4n) is 3.00. The van der Waals surface area contributed by atoms with Gasteiger partial charge in [-0.15, -0.1) is 0 Å². The largest absolute Gasteiger partial charge is 0.494 e. The second kappa shape index (κ2) is 12.2. The smallest absolute Gasteiger partial charge is 0.335 e. The highest BCUT2D eigenvalue weighted by Gasteiger charge is 2.03. The Morgan fingerprint density at radius 2 is 1.39 bits per heavy atom. The molecule has 3 aromatic rings. The zero-order valence-corrected chi connectivity index (χ0v) is 17.4. The standard InChI is InChI=1S/C26H27NO4/c28-26(29)23-6-5-7-25(20-23)31-19-4-2-1-3-18-30-24-12-10-21(11-13-24)8-9-22-14-16-27-17-15-22/h5-17,20H,1-4,18-19H2,(H,28,29)/b9-8+. The first-order valence-corrected chi connectivity index (χ1v) is 10.5. The molecule has 0 bridgehead atoms. The summed E-state index contributed by atoms with van der Waals surface area (Å²) >= 11 is 0. The summed E-state index contributed by atoms with van der Waals surface area (Å²) < 4.78 is 11.4. The molecule has 0 aliphatic heterocycles. The molecule has 0 radical (unpaired) electrons. The number of unbranched alkanes of at least 4 members (excludes halogenated alkanes) is 3. The van der Waals surface area contributed by atoms with Gasteiger partial charge in [0.15, 0.2) is 0 Å². The molecule has 2 aromatic carbocycles. The number of hydrogen-bond donors (Lipinski definition) is 1. The molecule has 0 amide bonds. The number of carboxylic acids is 1. The van der Waals surface area contributed by atoms with Gasteiger partial charge in [0.1, 0.15) is 11.5 Å². The van der Waals surface area contributed by atoms with Gasteiger partial charge in [0, 0.05) is 12.4 Å². The number of carbonyl (C=O) groups is 1. The molecule has 0 aliphatic carbocycles. The number of nitrogens with zero attached hydrogens (tertiary/aromatic N) is 1. The number of aromatic carboxylic acids is 1. The molecule has 0 fully saturated rings.